The lowest BCUT2D eigenvalue weighted by Crippen LogP contribution is -2.24. The molecule has 21 heavy (non-hydrogen) atoms. The first kappa shape index (κ1) is 15.1. The molecule has 112 valence electrons. The van der Waals surface area contributed by atoms with Crippen molar-refractivity contribution in [3.05, 3.63) is 47.4 Å². The molecule has 1 aromatic heterocycles. The summed E-state index contributed by atoms with van der Waals surface area (Å²) in [5, 5.41) is 0. The Morgan fingerprint density at radius 3 is 2.52 bits per heavy atom. The van der Waals surface area contributed by atoms with Gasteiger partial charge < -0.3 is 15.9 Å². The van der Waals surface area contributed by atoms with Gasteiger partial charge in [0.1, 0.15) is 16.4 Å². The molecule has 1 heterocycles. The van der Waals surface area contributed by atoms with Crippen LogP contribution in [0.2, 0.25) is 0 Å². The van der Waals surface area contributed by atoms with Crippen LogP contribution in [0.15, 0.2) is 39.6 Å². The predicted molar refractivity (Wildman–Crippen MR) is 76.8 cm³/mol. The number of furan rings is 1. The van der Waals surface area contributed by atoms with E-state index in [0.717, 1.165) is 0 Å². The molecule has 2 rings (SSSR count). The molecule has 0 saturated heterocycles. The van der Waals surface area contributed by atoms with Crippen molar-refractivity contribution in [3.8, 4) is 0 Å². The minimum absolute atomic E-state index is 0.00713. The number of rotatable bonds is 5. The number of nitrogens with one attached hydrogen (secondary N) is 1. The zero-order valence-electron chi connectivity index (χ0n) is 11.3. The molecule has 0 aliphatic heterocycles. The number of hydrogen-bond acceptors (Lipinski definition) is 5. The summed E-state index contributed by atoms with van der Waals surface area (Å²) < 4.78 is 32.0. The number of carbonyl (C=O) groups excluding carboxylic acids is 1. The van der Waals surface area contributed by atoms with Gasteiger partial charge in [0.05, 0.1) is 12.2 Å². The fourth-order valence-electron chi connectivity index (χ4n) is 1.77. The van der Waals surface area contributed by atoms with Gasteiger partial charge in [-0.15, -0.1) is 0 Å². The van der Waals surface area contributed by atoms with Crippen molar-refractivity contribution in [2.24, 2.45) is 5.73 Å². The lowest BCUT2D eigenvalue weighted by Gasteiger charge is -2.09. The zero-order valence-corrected chi connectivity index (χ0v) is 12.1. The number of nitrogens with two attached hydrogens (primary N) is 2. The van der Waals surface area contributed by atoms with Gasteiger partial charge in [-0.2, -0.15) is 0 Å². The maximum atomic E-state index is 12.2. The highest BCUT2D eigenvalue weighted by Gasteiger charge is 2.18. The van der Waals surface area contributed by atoms with Crippen molar-refractivity contribution in [3.63, 3.8) is 0 Å². The Labute approximate surface area is 122 Å². The molecule has 7 nitrogen and oxygen atoms in total. The van der Waals surface area contributed by atoms with E-state index in [9.17, 15) is 13.2 Å². The highest BCUT2D eigenvalue weighted by atomic mass is 32.2. The maximum Gasteiger partial charge on any atom is 0.248 e. The van der Waals surface area contributed by atoms with Crippen molar-refractivity contribution >= 4 is 21.6 Å². The van der Waals surface area contributed by atoms with Crippen LogP contribution in [0.1, 0.15) is 21.9 Å². The third kappa shape index (κ3) is 3.41. The van der Waals surface area contributed by atoms with E-state index in [4.69, 9.17) is 15.9 Å². The smallest absolute Gasteiger partial charge is 0.248 e. The number of carbonyl (C=O) groups is 1. The van der Waals surface area contributed by atoms with Crippen molar-refractivity contribution < 1.29 is 17.6 Å². The van der Waals surface area contributed by atoms with E-state index in [0.29, 0.717) is 11.5 Å². The minimum Gasteiger partial charge on any atom is -0.465 e. The average Bonchev–Trinajstić information content (AvgIpc) is 2.82. The van der Waals surface area contributed by atoms with Crippen LogP contribution in [0, 0.1) is 6.92 Å². The van der Waals surface area contributed by atoms with Crippen molar-refractivity contribution in [1.82, 2.24) is 4.72 Å². The monoisotopic (exact) mass is 309 g/mol. The third-order valence-electron chi connectivity index (χ3n) is 2.82. The molecule has 0 radical (unpaired) electrons. The second-order valence-electron chi connectivity index (χ2n) is 4.45. The fourth-order valence-corrected chi connectivity index (χ4v) is 2.87. The van der Waals surface area contributed by atoms with Gasteiger partial charge in [0.2, 0.25) is 15.9 Å². The molecular formula is C13H15N3O4S. The Bertz CT molecular complexity index is 780. The van der Waals surface area contributed by atoms with Gasteiger partial charge in [0, 0.05) is 5.56 Å². The number of primary amides is 1. The minimum atomic E-state index is -3.81. The summed E-state index contributed by atoms with van der Waals surface area (Å²) in [7, 11) is -3.81. The largest absolute Gasteiger partial charge is 0.465 e. The first-order valence-electron chi connectivity index (χ1n) is 6.04. The number of hydrogen-bond donors (Lipinski definition) is 3. The SMILES string of the molecule is Cc1ccc(CNS(=O)(=O)c2ccc(C(N)=O)cc2N)o1. The molecule has 0 bridgehead atoms. The molecule has 0 aliphatic carbocycles. The van der Waals surface area contributed by atoms with Crippen LogP contribution < -0.4 is 16.2 Å². The van der Waals surface area contributed by atoms with Gasteiger partial charge in [-0.25, -0.2) is 13.1 Å². The molecule has 2 aromatic rings. The molecular weight excluding hydrogens is 294 g/mol. The third-order valence-corrected chi connectivity index (χ3v) is 4.29. The molecule has 1 amide bonds. The Balaban J connectivity index is 2.21. The summed E-state index contributed by atoms with van der Waals surface area (Å²) in [6.45, 7) is 1.77. The van der Waals surface area contributed by atoms with Gasteiger partial charge in [-0.3, -0.25) is 4.79 Å². The van der Waals surface area contributed by atoms with Crippen LogP contribution in [0.25, 0.3) is 0 Å². The topological polar surface area (TPSA) is 128 Å². The highest BCUT2D eigenvalue weighted by Crippen LogP contribution is 2.20. The van der Waals surface area contributed by atoms with Gasteiger partial charge >= 0.3 is 0 Å². The summed E-state index contributed by atoms with van der Waals surface area (Å²) in [4.78, 5) is 10.9. The van der Waals surface area contributed by atoms with Crippen LogP contribution in [0.4, 0.5) is 5.69 Å². The molecule has 0 spiro atoms. The highest BCUT2D eigenvalue weighted by molar-refractivity contribution is 7.89. The number of nitrogen functional groups attached to an aromatic ring is 1. The summed E-state index contributed by atoms with van der Waals surface area (Å²) in [6, 6.07) is 7.19. The molecule has 0 atom stereocenters. The molecule has 0 fully saturated rings. The number of aryl methyl sites for hydroxylation is 1. The lowest BCUT2D eigenvalue weighted by atomic mass is 10.2. The number of sulfonamides is 1. The second-order valence-corrected chi connectivity index (χ2v) is 6.19. The summed E-state index contributed by atoms with van der Waals surface area (Å²) in [5.74, 6) is 0.502. The Hall–Kier alpha value is -2.32. The Morgan fingerprint density at radius 1 is 1.29 bits per heavy atom. The van der Waals surface area contributed by atoms with E-state index in [-0.39, 0.29) is 22.7 Å². The van der Waals surface area contributed by atoms with Crippen molar-refractivity contribution in [2.75, 3.05) is 5.73 Å². The van der Waals surface area contributed by atoms with Crippen LogP contribution in [-0.4, -0.2) is 14.3 Å². The molecule has 1 aromatic carbocycles. The van der Waals surface area contributed by atoms with E-state index in [1.54, 1.807) is 19.1 Å². The van der Waals surface area contributed by atoms with E-state index in [1.807, 2.05) is 0 Å². The fraction of sp³-hybridized carbons (Fsp3) is 0.154. The van der Waals surface area contributed by atoms with E-state index < -0.39 is 15.9 Å². The zero-order chi connectivity index (χ0) is 15.6. The Kier molecular flexibility index (Phi) is 4.01. The quantitative estimate of drug-likeness (QED) is 0.702. The van der Waals surface area contributed by atoms with E-state index in [2.05, 4.69) is 4.72 Å². The first-order valence-corrected chi connectivity index (χ1v) is 7.52. The standard InChI is InChI=1S/C13H15N3O4S/c1-8-2-4-10(20-8)7-16-21(18,19)12-5-3-9(13(15)17)6-11(12)14/h2-6,16H,7,14H2,1H3,(H2,15,17). The maximum absolute atomic E-state index is 12.2. The van der Waals surface area contributed by atoms with E-state index in [1.165, 1.54) is 18.2 Å². The molecule has 5 N–H and O–H groups in total. The Morgan fingerprint density at radius 2 is 2.00 bits per heavy atom. The van der Waals surface area contributed by atoms with Crippen LogP contribution >= 0.6 is 0 Å². The van der Waals surface area contributed by atoms with Crippen molar-refractivity contribution in [1.29, 1.82) is 0 Å². The molecule has 0 unspecified atom stereocenters. The number of amides is 1. The van der Waals surface area contributed by atoms with E-state index >= 15 is 0 Å². The molecule has 8 heteroatoms. The van der Waals surface area contributed by atoms with Gasteiger partial charge in [0.15, 0.2) is 0 Å². The summed E-state index contributed by atoms with van der Waals surface area (Å²) >= 11 is 0. The second kappa shape index (κ2) is 5.58. The summed E-state index contributed by atoms with van der Waals surface area (Å²) in [5.41, 5.74) is 10.9. The first-order chi connectivity index (χ1) is 9.79. The number of anilines is 1. The van der Waals surface area contributed by atoms with Gasteiger partial charge in [-0.1, -0.05) is 0 Å². The summed E-state index contributed by atoms with van der Waals surface area (Å²) in [6.07, 6.45) is 0. The average molecular weight is 309 g/mol. The van der Waals surface area contributed by atoms with Gasteiger partial charge in [-0.05, 0) is 37.3 Å². The molecule has 0 saturated carbocycles. The lowest BCUT2D eigenvalue weighted by molar-refractivity contribution is 0.1000. The molecule has 0 aliphatic rings. The predicted octanol–water partition coefficient (Wildman–Crippen LogP) is 0.748. The van der Waals surface area contributed by atoms with Crippen LogP contribution in [-0.2, 0) is 16.6 Å². The van der Waals surface area contributed by atoms with Crippen LogP contribution in [0.5, 0.6) is 0 Å². The number of benzene rings is 1. The van der Waals surface area contributed by atoms with Crippen molar-refractivity contribution in [2.45, 2.75) is 18.4 Å². The van der Waals surface area contributed by atoms with Crippen LogP contribution in [0.3, 0.4) is 0 Å². The van der Waals surface area contributed by atoms with Gasteiger partial charge in [0.25, 0.3) is 0 Å². The normalized spacial score (nSPS) is 11.5.